The minimum atomic E-state index is -0.323. The van der Waals surface area contributed by atoms with Crippen molar-refractivity contribution in [2.24, 2.45) is 13.0 Å². The molecule has 0 spiro atoms. The second-order valence-corrected chi connectivity index (χ2v) is 7.83. The van der Waals surface area contributed by atoms with Gasteiger partial charge in [0.25, 0.3) is 0 Å². The summed E-state index contributed by atoms with van der Waals surface area (Å²) in [6, 6.07) is 7.60. The molecule has 1 fully saturated rings. The number of hydrogen-bond acceptors (Lipinski definition) is 3. The Labute approximate surface area is 160 Å². The van der Waals surface area contributed by atoms with Gasteiger partial charge in [-0.05, 0) is 47.3 Å². The molecule has 0 saturated carbocycles. The topological polar surface area (TPSA) is 67.2 Å². The highest BCUT2D eigenvalue weighted by atomic mass is 79.9. The molecule has 1 aliphatic heterocycles. The Kier molecular flexibility index (Phi) is 4.56. The third-order valence-electron chi connectivity index (χ3n) is 5.33. The number of fused-ring (bicyclic) bond motifs is 1. The first-order valence-corrected chi connectivity index (χ1v) is 9.70. The van der Waals surface area contributed by atoms with E-state index < -0.39 is 0 Å². The lowest BCUT2D eigenvalue weighted by molar-refractivity contribution is -0.127. The number of carbonyl (C=O) groups excluding carboxylic acids is 2. The normalized spacial score (nSPS) is 22.4. The van der Waals surface area contributed by atoms with E-state index in [1.54, 1.807) is 4.90 Å². The molecule has 2 atom stereocenters. The Hall–Kier alpha value is -2.15. The fourth-order valence-corrected chi connectivity index (χ4v) is 4.43. The first-order valence-electron chi connectivity index (χ1n) is 8.90. The summed E-state index contributed by atoms with van der Waals surface area (Å²) in [5, 5.41) is 7.48. The quantitative estimate of drug-likeness (QED) is 0.835. The molecule has 1 aromatic carbocycles. The van der Waals surface area contributed by atoms with Crippen LogP contribution < -0.4 is 10.2 Å². The zero-order valence-electron chi connectivity index (χ0n) is 14.6. The Morgan fingerprint density at radius 3 is 2.96 bits per heavy atom. The van der Waals surface area contributed by atoms with Crippen LogP contribution in [0.5, 0.6) is 0 Å². The van der Waals surface area contributed by atoms with Gasteiger partial charge in [-0.3, -0.25) is 14.3 Å². The molecule has 1 aliphatic carbocycles. The van der Waals surface area contributed by atoms with Gasteiger partial charge in [0.1, 0.15) is 0 Å². The van der Waals surface area contributed by atoms with Crippen LogP contribution in [-0.2, 0) is 23.1 Å². The van der Waals surface area contributed by atoms with E-state index in [1.165, 1.54) is 5.69 Å². The van der Waals surface area contributed by atoms with E-state index in [0.29, 0.717) is 6.54 Å². The van der Waals surface area contributed by atoms with Gasteiger partial charge >= 0.3 is 0 Å². The SMILES string of the molecule is Cn1ncc2c1CCC[C@H]2NC(=O)[C@@H]1CC(=O)N(c2ccccc2Br)C1. The molecule has 1 saturated heterocycles. The van der Waals surface area contributed by atoms with Gasteiger partial charge in [-0.25, -0.2) is 0 Å². The van der Waals surface area contributed by atoms with Gasteiger partial charge in [0.15, 0.2) is 0 Å². The molecule has 6 nitrogen and oxygen atoms in total. The maximum absolute atomic E-state index is 12.8. The van der Waals surface area contributed by atoms with Crippen molar-refractivity contribution in [3.05, 3.63) is 46.2 Å². The van der Waals surface area contributed by atoms with E-state index in [4.69, 9.17) is 0 Å². The summed E-state index contributed by atoms with van der Waals surface area (Å²) >= 11 is 3.49. The average Bonchev–Trinajstić information content (AvgIpc) is 3.20. The fraction of sp³-hybridized carbons (Fsp3) is 0.421. The lowest BCUT2D eigenvalue weighted by Crippen LogP contribution is -2.36. The van der Waals surface area contributed by atoms with Crippen LogP contribution in [0.2, 0.25) is 0 Å². The predicted molar refractivity (Wildman–Crippen MR) is 102 cm³/mol. The van der Waals surface area contributed by atoms with Crippen molar-refractivity contribution in [1.82, 2.24) is 15.1 Å². The Morgan fingerprint density at radius 2 is 2.15 bits per heavy atom. The largest absolute Gasteiger partial charge is 0.349 e. The number of hydrogen-bond donors (Lipinski definition) is 1. The van der Waals surface area contributed by atoms with E-state index in [9.17, 15) is 9.59 Å². The minimum absolute atomic E-state index is 0.00689. The molecule has 2 amide bonds. The van der Waals surface area contributed by atoms with Gasteiger partial charge in [0.05, 0.1) is 23.8 Å². The lowest BCUT2D eigenvalue weighted by Gasteiger charge is -2.25. The summed E-state index contributed by atoms with van der Waals surface area (Å²) in [6.45, 7) is 0.417. The number of anilines is 1. The molecule has 136 valence electrons. The van der Waals surface area contributed by atoms with Crippen molar-refractivity contribution in [1.29, 1.82) is 0 Å². The Bertz CT molecular complexity index is 863. The van der Waals surface area contributed by atoms with Crippen molar-refractivity contribution >= 4 is 33.4 Å². The van der Waals surface area contributed by atoms with Crippen LogP contribution in [0.15, 0.2) is 34.9 Å². The van der Waals surface area contributed by atoms with Gasteiger partial charge in [-0.1, -0.05) is 12.1 Å². The second-order valence-electron chi connectivity index (χ2n) is 6.98. The van der Waals surface area contributed by atoms with E-state index in [0.717, 1.165) is 35.0 Å². The first kappa shape index (κ1) is 17.3. The Morgan fingerprint density at radius 1 is 1.35 bits per heavy atom. The maximum atomic E-state index is 12.8. The van der Waals surface area contributed by atoms with E-state index in [2.05, 4.69) is 26.3 Å². The third kappa shape index (κ3) is 3.05. The number of amides is 2. The zero-order valence-corrected chi connectivity index (χ0v) is 16.2. The zero-order chi connectivity index (χ0) is 18.3. The number of carbonyl (C=O) groups is 2. The van der Waals surface area contributed by atoms with Gasteiger partial charge in [0.2, 0.25) is 11.8 Å². The van der Waals surface area contributed by atoms with Crippen LogP contribution in [-0.4, -0.2) is 28.1 Å². The van der Waals surface area contributed by atoms with Crippen LogP contribution in [0.1, 0.15) is 36.6 Å². The number of para-hydroxylation sites is 1. The van der Waals surface area contributed by atoms with Gasteiger partial charge < -0.3 is 10.2 Å². The predicted octanol–water partition coefficient (Wildman–Crippen LogP) is 2.73. The van der Waals surface area contributed by atoms with Crippen LogP contribution in [0, 0.1) is 5.92 Å². The van der Waals surface area contributed by atoms with Crippen LogP contribution >= 0.6 is 15.9 Å². The second kappa shape index (κ2) is 6.87. The first-order chi connectivity index (χ1) is 12.5. The summed E-state index contributed by atoms with van der Waals surface area (Å²) in [7, 11) is 1.94. The van der Waals surface area contributed by atoms with Crippen molar-refractivity contribution < 1.29 is 9.59 Å². The van der Waals surface area contributed by atoms with Crippen molar-refractivity contribution in [2.45, 2.75) is 31.7 Å². The van der Waals surface area contributed by atoms with E-state index in [-0.39, 0.29) is 30.2 Å². The van der Waals surface area contributed by atoms with Crippen LogP contribution in [0.25, 0.3) is 0 Å². The standard InChI is InChI=1S/C19H21BrN4O2/c1-23-16-8-4-6-15(13(16)10-21-23)22-19(26)12-9-18(25)24(11-12)17-7-3-2-5-14(17)20/h2-3,5,7,10,12,15H,4,6,8-9,11H2,1H3,(H,22,26)/t12-,15-/m1/s1. The van der Waals surface area contributed by atoms with Crippen LogP contribution in [0.4, 0.5) is 5.69 Å². The third-order valence-corrected chi connectivity index (χ3v) is 6.00. The number of rotatable bonds is 3. The molecule has 2 heterocycles. The number of nitrogens with one attached hydrogen (secondary N) is 1. The minimum Gasteiger partial charge on any atom is -0.349 e. The maximum Gasteiger partial charge on any atom is 0.227 e. The number of aryl methyl sites for hydroxylation is 1. The van der Waals surface area contributed by atoms with Gasteiger partial charge in [-0.15, -0.1) is 0 Å². The number of halogens is 1. The molecule has 1 N–H and O–H groups in total. The molecule has 0 radical (unpaired) electrons. The van der Waals surface area contributed by atoms with E-state index in [1.807, 2.05) is 42.2 Å². The van der Waals surface area contributed by atoms with E-state index >= 15 is 0 Å². The molecule has 0 bridgehead atoms. The highest BCUT2D eigenvalue weighted by molar-refractivity contribution is 9.10. The number of nitrogens with zero attached hydrogens (tertiary/aromatic N) is 3. The summed E-state index contributed by atoms with van der Waals surface area (Å²) in [4.78, 5) is 27.0. The number of benzene rings is 1. The summed E-state index contributed by atoms with van der Waals surface area (Å²) in [5.41, 5.74) is 3.12. The summed E-state index contributed by atoms with van der Waals surface area (Å²) < 4.78 is 2.75. The summed E-state index contributed by atoms with van der Waals surface area (Å²) in [6.07, 6.45) is 5.05. The lowest BCUT2D eigenvalue weighted by atomic mass is 9.92. The highest BCUT2D eigenvalue weighted by Gasteiger charge is 2.37. The molecule has 1 aromatic heterocycles. The van der Waals surface area contributed by atoms with Gasteiger partial charge in [-0.2, -0.15) is 5.10 Å². The molecular weight excluding hydrogens is 396 g/mol. The van der Waals surface area contributed by atoms with Crippen LogP contribution in [0.3, 0.4) is 0 Å². The van der Waals surface area contributed by atoms with Gasteiger partial charge in [0, 0.05) is 35.7 Å². The molecule has 26 heavy (non-hydrogen) atoms. The summed E-state index contributed by atoms with van der Waals surface area (Å²) in [5.74, 6) is -0.381. The molecular formula is C19H21BrN4O2. The number of aromatic nitrogens is 2. The molecule has 0 unspecified atom stereocenters. The fourth-order valence-electron chi connectivity index (χ4n) is 3.93. The molecule has 2 aromatic rings. The molecule has 2 aliphatic rings. The monoisotopic (exact) mass is 416 g/mol. The molecule has 4 rings (SSSR count). The van der Waals surface area contributed by atoms with Crippen molar-refractivity contribution in [3.8, 4) is 0 Å². The Balaban J connectivity index is 1.47. The smallest absolute Gasteiger partial charge is 0.227 e. The highest BCUT2D eigenvalue weighted by Crippen LogP contribution is 2.33. The van der Waals surface area contributed by atoms with Crippen molar-refractivity contribution in [2.75, 3.05) is 11.4 Å². The van der Waals surface area contributed by atoms with Crippen molar-refractivity contribution in [3.63, 3.8) is 0 Å². The average molecular weight is 417 g/mol. The molecule has 7 heteroatoms.